The second-order valence-corrected chi connectivity index (χ2v) is 8.44. The van der Waals surface area contributed by atoms with Gasteiger partial charge in [-0.05, 0) is 49.9 Å². The van der Waals surface area contributed by atoms with E-state index in [-0.39, 0.29) is 10.9 Å². The Labute approximate surface area is 162 Å². The Kier molecular flexibility index (Phi) is 4.92. The largest absolute Gasteiger partial charge is 0.366 e. The summed E-state index contributed by atoms with van der Waals surface area (Å²) < 4.78 is 33.2. The van der Waals surface area contributed by atoms with Crippen molar-refractivity contribution in [1.82, 2.24) is 14.6 Å². The first-order chi connectivity index (χ1) is 13.4. The fraction of sp³-hybridized carbons (Fsp3) is 0.333. The van der Waals surface area contributed by atoms with E-state index in [9.17, 15) is 8.42 Å². The molecule has 2 heterocycles. The summed E-state index contributed by atoms with van der Waals surface area (Å²) in [5, 5.41) is 11.3. The predicted molar refractivity (Wildman–Crippen MR) is 106 cm³/mol. The Morgan fingerprint density at radius 2 is 1.86 bits per heavy atom. The topological polar surface area (TPSA) is 135 Å². The molecule has 0 bridgehead atoms. The van der Waals surface area contributed by atoms with Gasteiger partial charge in [0.25, 0.3) is 10.1 Å². The maximum absolute atomic E-state index is 11.2. The molecule has 1 aromatic carbocycles. The number of rotatable bonds is 5. The Hall–Kier alpha value is -2.69. The van der Waals surface area contributed by atoms with Gasteiger partial charge in [0.1, 0.15) is 5.82 Å². The van der Waals surface area contributed by atoms with Gasteiger partial charge in [0, 0.05) is 36.2 Å². The van der Waals surface area contributed by atoms with E-state index in [1.54, 1.807) is 29.0 Å². The molecule has 1 aliphatic rings. The summed E-state index contributed by atoms with van der Waals surface area (Å²) in [4.78, 5) is 4.17. The van der Waals surface area contributed by atoms with E-state index in [1.807, 2.05) is 6.07 Å². The lowest BCUT2D eigenvalue weighted by Gasteiger charge is -2.27. The van der Waals surface area contributed by atoms with Crippen molar-refractivity contribution in [2.75, 3.05) is 10.6 Å². The van der Waals surface area contributed by atoms with Gasteiger partial charge in [-0.15, -0.1) is 5.10 Å². The van der Waals surface area contributed by atoms with Crippen molar-refractivity contribution in [3.8, 4) is 0 Å². The molecule has 10 heteroatoms. The van der Waals surface area contributed by atoms with E-state index in [0.717, 1.165) is 37.2 Å². The van der Waals surface area contributed by atoms with Crippen LogP contribution < -0.4 is 16.4 Å². The van der Waals surface area contributed by atoms with E-state index in [0.29, 0.717) is 17.4 Å². The van der Waals surface area contributed by atoms with Gasteiger partial charge in [-0.1, -0.05) is 0 Å². The average Bonchev–Trinajstić information content (AvgIpc) is 3.12. The van der Waals surface area contributed by atoms with E-state index in [2.05, 4.69) is 20.7 Å². The summed E-state index contributed by atoms with van der Waals surface area (Å²) in [6.07, 6.45) is 7.43. The average molecular weight is 402 g/mol. The normalized spacial score (nSPS) is 20.2. The summed E-state index contributed by atoms with van der Waals surface area (Å²) in [5.74, 6) is 0.725. The highest BCUT2D eigenvalue weighted by Gasteiger charge is 2.19. The Bertz CT molecular complexity index is 1070. The molecule has 9 nitrogen and oxygen atoms in total. The van der Waals surface area contributed by atoms with Crippen molar-refractivity contribution in [3.05, 3.63) is 42.7 Å². The lowest BCUT2D eigenvalue weighted by Crippen LogP contribution is -2.33. The molecule has 0 saturated heterocycles. The second-order valence-electron chi connectivity index (χ2n) is 7.02. The zero-order valence-corrected chi connectivity index (χ0v) is 15.9. The molecule has 5 N–H and O–H groups in total. The first-order valence-electron chi connectivity index (χ1n) is 9.09. The molecule has 1 aliphatic carbocycles. The molecule has 0 aliphatic heterocycles. The van der Waals surface area contributed by atoms with E-state index < -0.39 is 10.1 Å². The summed E-state index contributed by atoms with van der Waals surface area (Å²) in [6, 6.07) is 8.34. The minimum Gasteiger partial charge on any atom is -0.366 e. The molecule has 28 heavy (non-hydrogen) atoms. The smallest absolute Gasteiger partial charge is 0.294 e. The number of aromatic nitrogens is 3. The Balaban J connectivity index is 1.58. The van der Waals surface area contributed by atoms with Crippen LogP contribution in [0.5, 0.6) is 0 Å². The number of hydrogen-bond acceptors (Lipinski definition) is 7. The number of nitrogens with two attached hydrogens (primary N) is 1. The zero-order valence-electron chi connectivity index (χ0n) is 15.1. The third-order valence-corrected chi connectivity index (χ3v) is 5.78. The quantitative estimate of drug-likeness (QED) is 0.478. The third kappa shape index (κ3) is 4.08. The van der Waals surface area contributed by atoms with Gasteiger partial charge in [-0.3, -0.25) is 4.55 Å². The summed E-state index contributed by atoms with van der Waals surface area (Å²) in [5.41, 5.74) is 8.02. The molecular weight excluding hydrogens is 380 g/mol. The predicted octanol–water partition coefficient (Wildman–Crippen LogP) is 2.40. The van der Waals surface area contributed by atoms with Crippen LogP contribution in [-0.2, 0) is 10.1 Å². The summed E-state index contributed by atoms with van der Waals surface area (Å²) >= 11 is 0. The van der Waals surface area contributed by atoms with Crippen LogP contribution in [0.2, 0.25) is 0 Å². The standard InChI is InChI=1S/C18H22N6O3S/c19-12-1-3-14(4-2-12)22-17-11-16(18-20-9-10-24(18)23-17)21-13-5-7-15(8-6-13)28(25,26)27/h5-12,14,21H,1-4,19H2,(H,22,23)(H,25,26,27). The number of nitrogens with one attached hydrogen (secondary N) is 2. The molecule has 0 spiro atoms. The fourth-order valence-electron chi connectivity index (χ4n) is 3.42. The van der Waals surface area contributed by atoms with Crippen molar-refractivity contribution in [1.29, 1.82) is 0 Å². The van der Waals surface area contributed by atoms with Gasteiger partial charge in [0.05, 0.1) is 10.6 Å². The monoisotopic (exact) mass is 402 g/mol. The Morgan fingerprint density at radius 3 is 2.54 bits per heavy atom. The van der Waals surface area contributed by atoms with Gasteiger partial charge in [-0.25, -0.2) is 9.50 Å². The van der Waals surface area contributed by atoms with Crippen molar-refractivity contribution < 1.29 is 13.0 Å². The molecule has 0 amide bonds. The van der Waals surface area contributed by atoms with E-state index in [4.69, 9.17) is 10.3 Å². The van der Waals surface area contributed by atoms with E-state index in [1.165, 1.54) is 12.1 Å². The summed E-state index contributed by atoms with van der Waals surface area (Å²) in [6.45, 7) is 0. The van der Waals surface area contributed by atoms with Crippen molar-refractivity contribution in [3.63, 3.8) is 0 Å². The van der Waals surface area contributed by atoms with Gasteiger partial charge in [0.2, 0.25) is 0 Å². The van der Waals surface area contributed by atoms with Crippen LogP contribution in [0, 0.1) is 0 Å². The number of anilines is 3. The third-order valence-electron chi connectivity index (χ3n) is 4.91. The fourth-order valence-corrected chi connectivity index (χ4v) is 3.90. The molecule has 4 rings (SSSR count). The van der Waals surface area contributed by atoms with Crippen LogP contribution >= 0.6 is 0 Å². The molecule has 148 valence electrons. The highest BCUT2D eigenvalue weighted by Crippen LogP contribution is 2.26. The molecule has 0 radical (unpaired) electrons. The Morgan fingerprint density at radius 1 is 1.14 bits per heavy atom. The maximum atomic E-state index is 11.2. The first kappa shape index (κ1) is 18.7. The number of fused-ring (bicyclic) bond motifs is 1. The van der Waals surface area contributed by atoms with Crippen LogP contribution in [0.15, 0.2) is 47.6 Å². The van der Waals surface area contributed by atoms with Gasteiger partial charge < -0.3 is 16.4 Å². The van der Waals surface area contributed by atoms with Gasteiger partial charge in [-0.2, -0.15) is 8.42 Å². The molecular formula is C18H22N6O3S. The molecule has 1 fully saturated rings. The second kappa shape index (κ2) is 7.38. The van der Waals surface area contributed by atoms with Crippen molar-refractivity contribution in [2.24, 2.45) is 5.73 Å². The molecule has 0 atom stereocenters. The number of hydrogen-bond donors (Lipinski definition) is 4. The van der Waals surface area contributed by atoms with Crippen LogP contribution in [-0.4, -0.2) is 39.7 Å². The van der Waals surface area contributed by atoms with Crippen molar-refractivity contribution in [2.45, 2.75) is 42.7 Å². The lowest BCUT2D eigenvalue weighted by atomic mass is 9.92. The molecule has 3 aromatic rings. The van der Waals surface area contributed by atoms with Crippen LogP contribution in [0.25, 0.3) is 5.65 Å². The number of nitrogens with zero attached hydrogens (tertiary/aromatic N) is 3. The number of imidazole rings is 1. The van der Waals surface area contributed by atoms with Crippen molar-refractivity contribution >= 4 is 33.0 Å². The van der Waals surface area contributed by atoms with E-state index >= 15 is 0 Å². The molecule has 0 unspecified atom stereocenters. The first-order valence-corrected chi connectivity index (χ1v) is 10.5. The highest BCUT2D eigenvalue weighted by molar-refractivity contribution is 7.85. The van der Waals surface area contributed by atoms with Crippen LogP contribution in [0.4, 0.5) is 17.2 Å². The molecule has 1 saturated carbocycles. The maximum Gasteiger partial charge on any atom is 0.294 e. The minimum absolute atomic E-state index is 0.156. The number of benzene rings is 1. The zero-order chi connectivity index (χ0) is 19.7. The minimum atomic E-state index is -4.22. The highest BCUT2D eigenvalue weighted by atomic mass is 32.2. The van der Waals surface area contributed by atoms with Gasteiger partial charge >= 0.3 is 0 Å². The van der Waals surface area contributed by atoms with Crippen LogP contribution in [0.1, 0.15) is 25.7 Å². The molecule has 2 aromatic heterocycles. The summed E-state index contributed by atoms with van der Waals surface area (Å²) in [7, 11) is -4.22. The van der Waals surface area contributed by atoms with Gasteiger partial charge in [0.15, 0.2) is 5.65 Å². The lowest BCUT2D eigenvalue weighted by molar-refractivity contribution is 0.410. The van der Waals surface area contributed by atoms with Crippen LogP contribution in [0.3, 0.4) is 0 Å². The SMILES string of the molecule is NC1CCC(Nc2cc(Nc3ccc(S(=O)(=O)O)cc3)c3nccn3n2)CC1.